The van der Waals surface area contributed by atoms with Gasteiger partial charge in [0.15, 0.2) is 0 Å². The maximum absolute atomic E-state index is 12.6. The van der Waals surface area contributed by atoms with Crippen LogP contribution in [0.5, 0.6) is 5.75 Å². The van der Waals surface area contributed by atoms with E-state index in [4.69, 9.17) is 4.74 Å². The van der Waals surface area contributed by atoms with Crippen LogP contribution in [0.15, 0.2) is 67.0 Å². The molecule has 33 heavy (non-hydrogen) atoms. The van der Waals surface area contributed by atoms with Crippen molar-refractivity contribution < 1.29 is 14.3 Å². The van der Waals surface area contributed by atoms with E-state index in [9.17, 15) is 9.59 Å². The minimum atomic E-state index is -0.172. The first-order valence-electron chi connectivity index (χ1n) is 11.3. The van der Waals surface area contributed by atoms with Gasteiger partial charge >= 0.3 is 0 Å². The molecule has 7 heteroatoms. The maximum Gasteiger partial charge on any atom is 0.241 e. The van der Waals surface area contributed by atoms with Crippen molar-refractivity contribution in [1.29, 1.82) is 0 Å². The monoisotopic (exact) mass is 446 g/mol. The summed E-state index contributed by atoms with van der Waals surface area (Å²) in [6.45, 7) is 0.729. The van der Waals surface area contributed by atoms with Crippen molar-refractivity contribution in [2.24, 2.45) is 0 Å². The van der Waals surface area contributed by atoms with Gasteiger partial charge in [0.25, 0.3) is 0 Å². The molecule has 0 unspecified atom stereocenters. The Bertz CT molecular complexity index is 1090. The third-order valence-electron chi connectivity index (χ3n) is 6.34. The van der Waals surface area contributed by atoms with Gasteiger partial charge in [-0.1, -0.05) is 61.4 Å². The zero-order valence-corrected chi connectivity index (χ0v) is 18.9. The molecule has 1 fully saturated rings. The first-order chi connectivity index (χ1) is 16.1. The van der Waals surface area contributed by atoms with Crippen LogP contribution in [0.1, 0.15) is 36.8 Å². The summed E-state index contributed by atoms with van der Waals surface area (Å²) in [5, 5.41) is 10.2. The highest BCUT2D eigenvalue weighted by Crippen LogP contribution is 2.40. The number of para-hydroxylation sites is 1. The number of nitrogens with one attached hydrogen (secondary N) is 2. The fraction of sp³-hybridized carbons (Fsp3) is 0.346. The van der Waals surface area contributed by atoms with Crippen LogP contribution in [0, 0.1) is 0 Å². The summed E-state index contributed by atoms with van der Waals surface area (Å²) >= 11 is 0. The summed E-state index contributed by atoms with van der Waals surface area (Å²) < 4.78 is 6.84. The van der Waals surface area contributed by atoms with Gasteiger partial charge in [-0.3, -0.25) is 14.3 Å². The molecule has 0 radical (unpaired) electrons. The molecule has 4 rings (SSSR count). The number of carbonyl (C=O) groups excluding carboxylic acids is 2. The number of methoxy groups -OCH3 is 1. The van der Waals surface area contributed by atoms with E-state index in [-0.39, 0.29) is 30.2 Å². The highest BCUT2D eigenvalue weighted by atomic mass is 16.5. The topological polar surface area (TPSA) is 85.2 Å². The minimum absolute atomic E-state index is 0.0126. The highest BCUT2D eigenvalue weighted by molar-refractivity contribution is 5.92. The summed E-state index contributed by atoms with van der Waals surface area (Å²) in [4.78, 5) is 25.0. The molecular weight excluding hydrogens is 416 g/mol. The van der Waals surface area contributed by atoms with Crippen molar-refractivity contribution in [1.82, 2.24) is 15.1 Å². The van der Waals surface area contributed by atoms with E-state index < -0.39 is 0 Å². The van der Waals surface area contributed by atoms with Crippen LogP contribution in [0.2, 0.25) is 0 Å². The summed E-state index contributed by atoms with van der Waals surface area (Å²) in [5.41, 5.74) is 2.67. The van der Waals surface area contributed by atoms with Gasteiger partial charge in [0.05, 0.1) is 25.4 Å². The van der Waals surface area contributed by atoms with Crippen LogP contribution in [0.25, 0.3) is 0 Å². The lowest BCUT2D eigenvalue weighted by Crippen LogP contribution is -2.40. The largest absolute Gasteiger partial charge is 0.496 e. The molecule has 2 aromatic carbocycles. The van der Waals surface area contributed by atoms with Gasteiger partial charge < -0.3 is 15.4 Å². The molecule has 172 valence electrons. The van der Waals surface area contributed by atoms with Crippen molar-refractivity contribution in [2.75, 3.05) is 19.0 Å². The molecule has 1 aliphatic carbocycles. The van der Waals surface area contributed by atoms with Gasteiger partial charge in [-0.05, 0) is 24.5 Å². The Hall–Kier alpha value is -3.61. The Morgan fingerprint density at radius 3 is 2.52 bits per heavy atom. The predicted octanol–water partition coefficient (Wildman–Crippen LogP) is 3.70. The minimum Gasteiger partial charge on any atom is -0.496 e. The van der Waals surface area contributed by atoms with E-state index in [1.807, 2.05) is 30.3 Å². The summed E-state index contributed by atoms with van der Waals surface area (Å²) in [6, 6.07) is 17.9. The Labute approximate surface area is 194 Å². The van der Waals surface area contributed by atoms with Gasteiger partial charge in [-0.25, -0.2) is 0 Å². The molecule has 1 heterocycles. The Morgan fingerprint density at radius 1 is 1.03 bits per heavy atom. The second-order valence-corrected chi connectivity index (χ2v) is 8.59. The maximum atomic E-state index is 12.6. The van der Waals surface area contributed by atoms with Crippen molar-refractivity contribution in [2.45, 2.75) is 44.1 Å². The number of carbonyl (C=O) groups is 2. The number of hydrogen-bond acceptors (Lipinski definition) is 4. The molecule has 0 spiro atoms. The molecule has 3 aromatic rings. The molecular formula is C26H30N4O3. The average molecular weight is 447 g/mol. The van der Waals surface area contributed by atoms with E-state index in [0.29, 0.717) is 18.0 Å². The van der Waals surface area contributed by atoms with Crippen molar-refractivity contribution >= 4 is 17.5 Å². The molecule has 0 saturated heterocycles. The molecule has 0 bridgehead atoms. The normalized spacial score (nSPS) is 14.6. The van der Waals surface area contributed by atoms with Gasteiger partial charge in [-0.2, -0.15) is 5.10 Å². The number of amides is 2. The molecule has 2 N–H and O–H groups in total. The lowest BCUT2D eigenvalue weighted by atomic mass is 9.79. The van der Waals surface area contributed by atoms with Gasteiger partial charge in [0, 0.05) is 23.7 Å². The molecule has 0 aliphatic heterocycles. The van der Waals surface area contributed by atoms with Crippen LogP contribution >= 0.6 is 0 Å². The lowest BCUT2D eigenvalue weighted by Gasteiger charge is -2.30. The van der Waals surface area contributed by atoms with Crippen molar-refractivity contribution in [3.63, 3.8) is 0 Å². The van der Waals surface area contributed by atoms with Crippen LogP contribution < -0.4 is 15.4 Å². The quantitative estimate of drug-likeness (QED) is 0.525. The third kappa shape index (κ3) is 5.61. The standard InChI is InChI=1S/C26H30N4O3/c1-33-23-12-6-5-9-20(23)15-24(31)29-22-16-28-30(17-22)18-25(32)27-19-26(13-7-8-14-26)21-10-3-2-4-11-21/h2-6,9-12,16-17H,7-8,13-15,18-19H2,1H3,(H,27,32)(H,29,31). The summed E-state index contributed by atoms with van der Waals surface area (Å²) in [5.74, 6) is 0.414. The van der Waals surface area contributed by atoms with Gasteiger partial charge in [0.2, 0.25) is 11.8 Å². The van der Waals surface area contributed by atoms with E-state index >= 15 is 0 Å². The van der Waals surface area contributed by atoms with E-state index in [1.54, 1.807) is 19.5 Å². The number of hydrogen-bond donors (Lipinski definition) is 2. The molecule has 2 amide bonds. The van der Waals surface area contributed by atoms with Crippen LogP contribution in [0.4, 0.5) is 5.69 Å². The molecule has 0 atom stereocenters. The number of anilines is 1. The number of benzene rings is 2. The first-order valence-corrected chi connectivity index (χ1v) is 11.3. The molecule has 1 saturated carbocycles. The number of nitrogens with zero attached hydrogens (tertiary/aromatic N) is 2. The smallest absolute Gasteiger partial charge is 0.241 e. The number of rotatable bonds is 9. The van der Waals surface area contributed by atoms with E-state index in [1.165, 1.54) is 23.1 Å². The average Bonchev–Trinajstić information content (AvgIpc) is 3.49. The molecule has 1 aromatic heterocycles. The molecule has 7 nitrogen and oxygen atoms in total. The Balaban J connectivity index is 1.30. The summed E-state index contributed by atoms with van der Waals surface area (Å²) in [7, 11) is 1.58. The van der Waals surface area contributed by atoms with Gasteiger partial charge in [-0.15, -0.1) is 0 Å². The Morgan fingerprint density at radius 2 is 1.76 bits per heavy atom. The SMILES string of the molecule is COc1ccccc1CC(=O)Nc1cnn(CC(=O)NCC2(c3ccccc3)CCCC2)c1. The summed E-state index contributed by atoms with van der Waals surface area (Å²) in [6.07, 6.45) is 7.95. The van der Waals surface area contributed by atoms with E-state index in [0.717, 1.165) is 18.4 Å². The van der Waals surface area contributed by atoms with Crippen LogP contribution in [0.3, 0.4) is 0 Å². The first kappa shape index (κ1) is 22.6. The number of aromatic nitrogens is 2. The Kier molecular flexibility index (Phi) is 7.07. The predicted molar refractivity (Wildman–Crippen MR) is 127 cm³/mol. The lowest BCUT2D eigenvalue weighted by molar-refractivity contribution is -0.122. The second kappa shape index (κ2) is 10.3. The van der Waals surface area contributed by atoms with Crippen LogP contribution in [-0.2, 0) is 28.0 Å². The van der Waals surface area contributed by atoms with Crippen molar-refractivity contribution in [3.8, 4) is 5.75 Å². The van der Waals surface area contributed by atoms with Crippen molar-refractivity contribution in [3.05, 3.63) is 78.1 Å². The fourth-order valence-electron chi connectivity index (χ4n) is 4.62. The second-order valence-electron chi connectivity index (χ2n) is 8.59. The fourth-order valence-corrected chi connectivity index (χ4v) is 4.62. The van der Waals surface area contributed by atoms with Crippen LogP contribution in [-0.4, -0.2) is 35.2 Å². The van der Waals surface area contributed by atoms with E-state index in [2.05, 4.69) is 40.0 Å². The van der Waals surface area contributed by atoms with Gasteiger partial charge in [0.1, 0.15) is 12.3 Å². The highest BCUT2D eigenvalue weighted by Gasteiger charge is 2.35. The molecule has 1 aliphatic rings. The number of ether oxygens (including phenoxy) is 1. The third-order valence-corrected chi connectivity index (χ3v) is 6.34. The zero-order valence-electron chi connectivity index (χ0n) is 18.9. The zero-order chi connectivity index (χ0) is 23.1.